The van der Waals surface area contributed by atoms with Crippen LogP contribution in [0.3, 0.4) is 0 Å². The van der Waals surface area contributed by atoms with E-state index < -0.39 is 11.5 Å². The van der Waals surface area contributed by atoms with Gasteiger partial charge in [-0.25, -0.2) is 0 Å². The molecule has 2 aromatic rings. The first-order chi connectivity index (χ1) is 13.4. The van der Waals surface area contributed by atoms with E-state index in [0.29, 0.717) is 49.4 Å². The predicted octanol–water partition coefficient (Wildman–Crippen LogP) is 2.14. The lowest BCUT2D eigenvalue weighted by Crippen LogP contribution is -2.57. The van der Waals surface area contributed by atoms with Gasteiger partial charge in [-0.3, -0.25) is 9.59 Å². The minimum Gasteiger partial charge on any atom is -0.391 e. The SMILES string of the molecule is Cc1noc(C)c1C(=O)N1CCC2(CC1)C[C@@H](O)[C@H](c1ccccc1)NC2=O. The van der Waals surface area contributed by atoms with E-state index in [1.807, 2.05) is 30.3 Å². The third-order valence-electron chi connectivity index (χ3n) is 6.17. The Kier molecular flexibility index (Phi) is 4.71. The molecule has 7 nitrogen and oxygen atoms in total. The van der Waals surface area contributed by atoms with Gasteiger partial charge >= 0.3 is 0 Å². The number of aryl methyl sites for hydroxylation is 2. The summed E-state index contributed by atoms with van der Waals surface area (Å²) < 4.78 is 5.11. The van der Waals surface area contributed by atoms with Crippen molar-refractivity contribution in [2.24, 2.45) is 5.41 Å². The van der Waals surface area contributed by atoms with Crippen LogP contribution in [-0.4, -0.2) is 46.2 Å². The average molecular weight is 383 g/mol. The number of hydrogen-bond donors (Lipinski definition) is 2. The van der Waals surface area contributed by atoms with Gasteiger partial charge in [0.2, 0.25) is 5.91 Å². The fourth-order valence-electron chi connectivity index (χ4n) is 4.48. The first-order valence-corrected chi connectivity index (χ1v) is 9.67. The molecule has 2 fully saturated rings. The molecule has 0 aliphatic carbocycles. The molecule has 0 saturated carbocycles. The number of amides is 2. The van der Waals surface area contributed by atoms with Crippen LogP contribution in [0.1, 0.15) is 52.7 Å². The van der Waals surface area contributed by atoms with Gasteiger partial charge in [-0.2, -0.15) is 0 Å². The van der Waals surface area contributed by atoms with Gasteiger partial charge < -0.3 is 19.8 Å². The Morgan fingerprint density at radius 1 is 1.25 bits per heavy atom. The topological polar surface area (TPSA) is 95.7 Å². The Morgan fingerprint density at radius 2 is 1.93 bits per heavy atom. The maximum Gasteiger partial charge on any atom is 0.259 e. The van der Waals surface area contributed by atoms with Crippen LogP contribution in [0.15, 0.2) is 34.9 Å². The maximum atomic E-state index is 13.0. The van der Waals surface area contributed by atoms with Crippen molar-refractivity contribution in [3.63, 3.8) is 0 Å². The van der Waals surface area contributed by atoms with Gasteiger partial charge in [0.05, 0.1) is 23.3 Å². The van der Waals surface area contributed by atoms with Crippen LogP contribution in [0.5, 0.6) is 0 Å². The number of aliphatic hydroxyl groups excluding tert-OH is 1. The smallest absolute Gasteiger partial charge is 0.259 e. The molecule has 2 saturated heterocycles. The van der Waals surface area contributed by atoms with Crippen LogP contribution in [0.25, 0.3) is 0 Å². The monoisotopic (exact) mass is 383 g/mol. The molecule has 148 valence electrons. The van der Waals surface area contributed by atoms with Crippen molar-refractivity contribution in [2.45, 2.75) is 45.3 Å². The predicted molar refractivity (Wildman–Crippen MR) is 101 cm³/mol. The second kappa shape index (κ2) is 7.05. The van der Waals surface area contributed by atoms with Crippen molar-refractivity contribution in [3.05, 3.63) is 52.9 Å². The fourth-order valence-corrected chi connectivity index (χ4v) is 4.48. The van der Waals surface area contributed by atoms with E-state index in [9.17, 15) is 14.7 Å². The highest BCUT2D eigenvalue weighted by atomic mass is 16.5. The van der Waals surface area contributed by atoms with Crippen molar-refractivity contribution in [1.82, 2.24) is 15.4 Å². The maximum absolute atomic E-state index is 13.0. The van der Waals surface area contributed by atoms with Gasteiger partial charge in [0.15, 0.2) is 0 Å². The molecular formula is C21H25N3O4. The van der Waals surface area contributed by atoms with Crippen LogP contribution in [0, 0.1) is 19.3 Å². The number of piperidine rings is 2. The Morgan fingerprint density at radius 3 is 2.54 bits per heavy atom. The summed E-state index contributed by atoms with van der Waals surface area (Å²) in [5, 5.41) is 17.6. The van der Waals surface area contributed by atoms with E-state index in [1.54, 1.807) is 18.7 Å². The molecule has 2 aliphatic heterocycles. The fraction of sp³-hybridized carbons (Fsp3) is 0.476. The zero-order valence-corrected chi connectivity index (χ0v) is 16.1. The first-order valence-electron chi connectivity index (χ1n) is 9.67. The van der Waals surface area contributed by atoms with Gasteiger partial charge in [0.1, 0.15) is 11.3 Å². The lowest BCUT2D eigenvalue weighted by Gasteiger charge is -2.46. The lowest BCUT2D eigenvalue weighted by atomic mass is 9.69. The number of rotatable bonds is 2. The number of nitrogens with zero attached hydrogens (tertiary/aromatic N) is 2. The van der Waals surface area contributed by atoms with Crippen molar-refractivity contribution < 1.29 is 19.2 Å². The van der Waals surface area contributed by atoms with Crippen molar-refractivity contribution in [2.75, 3.05) is 13.1 Å². The third kappa shape index (κ3) is 3.09. The normalized spacial score (nSPS) is 24.2. The van der Waals surface area contributed by atoms with Gasteiger partial charge in [-0.1, -0.05) is 35.5 Å². The second-order valence-corrected chi connectivity index (χ2v) is 7.90. The molecule has 4 rings (SSSR count). The largest absolute Gasteiger partial charge is 0.391 e. The average Bonchev–Trinajstić information content (AvgIpc) is 3.04. The van der Waals surface area contributed by atoms with Gasteiger partial charge in [-0.15, -0.1) is 0 Å². The van der Waals surface area contributed by atoms with E-state index in [-0.39, 0.29) is 17.9 Å². The molecule has 2 N–H and O–H groups in total. The number of hydrogen-bond acceptors (Lipinski definition) is 5. The Bertz CT molecular complexity index is 865. The van der Waals surface area contributed by atoms with Gasteiger partial charge in [0.25, 0.3) is 5.91 Å². The summed E-state index contributed by atoms with van der Waals surface area (Å²) in [5.74, 6) is 0.375. The van der Waals surface area contributed by atoms with E-state index in [2.05, 4.69) is 10.5 Å². The van der Waals surface area contributed by atoms with E-state index in [4.69, 9.17) is 4.52 Å². The number of benzene rings is 1. The summed E-state index contributed by atoms with van der Waals surface area (Å²) in [5.41, 5.74) is 1.37. The highest BCUT2D eigenvalue weighted by Gasteiger charge is 2.49. The van der Waals surface area contributed by atoms with Crippen LogP contribution >= 0.6 is 0 Å². The summed E-state index contributed by atoms with van der Waals surface area (Å²) in [6, 6.07) is 9.15. The van der Waals surface area contributed by atoms with Gasteiger partial charge in [0, 0.05) is 13.1 Å². The molecule has 2 amide bonds. The zero-order chi connectivity index (χ0) is 19.9. The third-order valence-corrected chi connectivity index (χ3v) is 6.17. The lowest BCUT2D eigenvalue weighted by molar-refractivity contribution is -0.143. The Hall–Kier alpha value is -2.67. The summed E-state index contributed by atoms with van der Waals surface area (Å²) in [4.78, 5) is 27.5. The van der Waals surface area contributed by atoms with Crippen LogP contribution < -0.4 is 5.32 Å². The summed E-state index contributed by atoms with van der Waals surface area (Å²) in [6.07, 6.45) is 0.829. The van der Waals surface area contributed by atoms with Crippen molar-refractivity contribution in [3.8, 4) is 0 Å². The highest BCUT2D eigenvalue weighted by Crippen LogP contribution is 2.42. The molecular weight excluding hydrogens is 358 g/mol. The Balaban J connectivity index is 1.46. The number of nitrogens with one attached hydrogen (secondary N) is 1. The second-order valence-electron chi connectivity index (χ2n) is 7.90. The van der Waals surface area contributed by atoms with Crippen LogP contribution in [0.4, 0.5) is 0 Å². The summed E-state index contributed by atoms with van der Waals surface area (Å²) in [6.45, 7) is 4.43. The molecule has 1 spiro atoms. The molecule has 7 heteroatoms. The quantitative estimate of drug-likeness (QED) is 0.828. The number of likely N-dealkylation sites (tertiary alicyclic amines) is 1. The molecule has 2 aliphatic rings. The Labute approximate surface area is 163 Å². The molecule has 1 aromatic heterocycles. The molecule has 1 aromatic carbocycles. The van der Waals surface area contributed by atoms with E-state index >= 15 is 0 Å². The minimum absolute atomic E-state index is 0.0314. The summed E-state index contributed by atoms with van der Waals surface area (Å²) >= 11 is 0. The molecule has 0 bridgehead atoms. The molecule has 3 heterocycles. The van der Waals surface area contributed by atoms with Gasteiger partial charge in [-0.05, 0) is 38.7 Å². The van der Waals surface area contributed by atoms with Crippen molar-refractivity contribution in [1.29, 1.82) is 0 Å². The first kappa shape index (κ1) is 18.7. The standard InChI is InChI=1S/C21H25N3O4/c1-13-17(14(2)28-23-13)19(26)24-10-8-21(9-11-24)12-16(25)18(22-20(21)27)15-6-4-3-5-7-15/h3-7,16,18,25H,8-12H2,1-2H3,(H,22,27)/t16-,18+/m1/s1. The number of aromatic nitrogens is 1. The summed E-state index contributed by atoms with van der Waals surface area (Å²) in [7, 11) is 0. The van der Waals surface area contributed by atoms with E-state index in [1.165, 1.54) is 0 Å². The minimum atomic E-state index is -0.648. The number of aliphatic hydroxyl groups is 1. The highest BCUT2D eigenvalue weighted by molar-refractivity contribution is 5.96. The molecule has 2 atom stereocenters. The van der Waals surface area contributed by atoms with Crippen LogP contribution in [0.2, 0.25) is 0 Å². The zero-order valence-electron chi connectivity index (χ0n) is 16.1. The molecule has 0 unspecified atom stereocenters. The van der Waals surface area contributed by atoms with E-state index in [0.717, 1.165) is 5.56 Å². The molecule has 0 radical (unpaired) electrons. The van der Waals surface area contributed by atoms with Crippen LogP contribution in [-0.2, 0) is 4.79 Å². The molecule has 28 heavy (non-hydrogen) atoms. The number of carbonyl (C=O) groups excluding carboxylic acids is 2. The number of carbonyl (C=O) groups is 2. The van der Waals surface area contributed by atoms with Crippen molar-refractivity contribution >= 4 is 11.8 Å².